The monoisotopic (exact) mass is 401 g/mol. The highest BCUT2D eigenvalue weighted by atomic mass is 16.6. The zero-order valence-corrected chi connectivity index (χ0v) is 15.7. The molecule has 0 aliphatic carbocycles. The largest absolute Gasteiger partial charge is 0.469 e. The van der Waals surface area contributed by atoms with E-state index in [9.17, 15) is 24.5 Å². The minimum atomic E-state index is -1.25. The van der Waals surface area contributed by atoms with E-state index in [2.05, 4.69) is 10.3 Å². The quantitative estimate of drug-likeness (QED) is 0.400. The molecule has 0 saturated carbocycles. The molecular formula is C19H19N3O7. The van der Waals surface area contributed by atoms with Crippen LogP contribution >= 0.6 is 0 Å². The van der Waals surface area contributed by atoms with Crippen LogP contribution in [0.2, 0.25) is 0 Å². The molecule has 1 aromatic heterocycles. The molecule has 0 saturated heterocycles. The summed E-state index contributed by atoms with van der Waals surface area (Å²) in [6, 6.07) is 8.76. The average molecular weight is 401 g/mol. The summed E-state index contributed by atoms with van der Waals surface area (Å²) in [5.41, 5.74) is 0.331. The van der Waals surface area contributed by atoms with Gasteiger partial charge in [0.2, 0.25) is 0 Å². The lowest BCUT2D eigenvalue weighted by Crippen LogP contribution is -2.46. The van der Waals surface area contributed by atoms with Gasteiger partial charge in [0, 0.05) is 24.2 Å². The predicted octanol–water partition coefficient (Wildman–Crippen LogP) is 1.61. The van der Waals surface area contributed by atoms with Crippen molar-refractivity contribution in [1.82, 2.24) is 10.3 Å². The van der Waals surface area contributed by atoms with E-state index in [1.165, 1.54) is 43.6 Å². The number of esters is 2. The summed E-state index contributed by atoms with van der Waals surface area (Å²) in [6.07, 6.45) is 1.15. The maximum Gasteiger partial charge on any atom is 0.329 e. The molecule has 0 bridgehead atoms. The second-order valence-corrected chi connectivity index (χ2v) is 5.92. The molecule has 0 fully saturated rings. The van der Waals surface area contributed by atoms with Crippen LogP contribution in [-0.2, 0) is 19.1 Å². The molecule has 1 heterocycles. The fraction of sp³-hybridized carbons (Fsp3) is 0.263. The zero-order chi connectivity index (χ0) is 21.4. The number of aromatic nitrogens is 1. The van der Waals surface area contributed by atoms with E-state index >= 15 is 0 Å². The Morgan fingerprint density at radius 3 is 2.31 bits per heavy atom. The number of non-ortho nitro benzene ring substituents is 1. The third kappa shape index (κ3) is 5.58. The van der Waals surface area contributed by atoms with Gasteiger partial charge in [-0.2, -0.15) is 0 Å². The van der Waals surface area contributed by atoms with Crippen LogP contribution in [0.5, 0.6) is 0 Å². The Labute approximate surface area is 166 Å². The van der Waals surface area contributed by atoms with Crippen LogP contribution in [0.1, 0.15) is 28.4 Å². The first-order valence-electron chi connectivity index (χ1n) is 8.48. The first-order chi connectivity index (χ1) is 13.9. The van der Waals surface area contributed by atoms with Gasteiger partial charge in [-0.25, -0.2) is 4.79 Å². The lowest BCUT2D eigenvalue weighted by atomic mass is 9.88. The lowest BCUT2D eigenvalue weighted by molar-refractivity contribution is -0.384. The molecule has 1 aromatic carbocycles. The minimum Gasteiger partial charge on any atom is -0.469 e. The van der Waals surface area contributed by atoms with Gasteiger partial charge >= 0.3 is 11.9 Å². The molecule has 2 aromatic rings. The summed E-state index contributed by atoms with van der Waals surface area (Å²) in [7, 11) is 2.34. The van der Waals surface area contributed by atoms with Gasteiger partial charge in [0.05, 0.1) is 25.6 Å². The topological polar surface area (TPSA) is 138 Å². The molecule has 0 aliphatic heterocycles. The Morgan fingerprint density at radius 2 is 1.79 bits per heavy atom. The molecule has 2 rings (SSSR count). The van der Waals surface area contributed by atoms with E-state index < -0.39 is 34.7 Å². The average Bonchev–Trinajstić information content (AvgIpc) is 2.75. The molecule has 1 N–H and O–H groups in total. The summed E-state index contributed by atoms with van der Waals surface area (Å²) in [6.45, 7) is 0. The number of hydrogen-bond acceptors (Lipinski definition) is 8. The molecular weight excluding hydrogens is 382 g/mol. The van der Waals surface area contributed by atoms with Crippen molar-refractivity contribution in [3.8, 4) is 0 Å². The number of benzene rings is 1. The standard InChI is InChI=1S/C19H19N3O7/c1-28-16(23)11-14(12-6-8-13(9-7-12)22(26)27)17(19(25)29-2)21-18(24)15-5-3-4-10-20-15/h3-10,14,17H,11H2,1-2H3,(H,21,24)/t14-,17-/m1/s1. The Kier molecular flexibility index (Phi) is 7.35. The van der Waals surface area contributed by atoms with E-state index in [0.717, 1.165) is 7.11 Å². The van der Waals surface area contributed by atoms with Crippen LogP contribution in [0, 0.1) is 10.1 Å². The summed E-state index contributed by atoms with van der Waals surface area (Å²) in [4.78, 5) is 51.1. The van der Waals surface area contributed by atoms with Gasteiger partial charge in [0.1, 0.15) is 11.7 Å². The second kappa shape index (κ2) is 9.93. The normalized spacial score (nSPS) is 12.3. The lowest BCUT2D eigenvalue weighted by Gasteiger charge is -2.25. The number of amides is 1. The molecule has 29 heavy (non-hydrogen) atoms. The number of nitrogens with one attached hydrogen (secondary N) is 1. The first-order valence-corrected chi connectivity index (χ1v) is 8.48. The van der Waals surface area contributed by atoms with E-state index in [1.54, 1.807) is 12.1 Å². The minimum absolute atomic E-state index is 0.0712. The third-order valence-electron chi connectivity index (χ3n) is 4.19. The maximum atomic E-state index is 12.5. The number of carbonyl (C=O) groups excluding carboxylic acids is 3. The number of nitrogens with zero attached hydrogens (tertiary/aromatic N) is 2. The molecule has 1 amide bonds. The van der Waals surface area contributed by atoms with Crippen LogP contribution < -0.4 is 5.32 Å². The second-order valence-electron chi connectivity index (χ2n) is 5.92. The highest BCUT2D eigenvalue weighted by Gasteiger charge is 2.34. The van der Waals surface area contributed by atoms with Crippen molar-refractivity contribution >= 4 is 23.5 Å². The molecule has 0 aliphatic rings. The van der Waals surface area contributed by atoms with Crippen molar-refractivity contribution in [2.24, 2.45) is 0 Å². The number of hydrogen-bond donors (Lipinski definition) is 1. The van der Waals surface area contributed by atoms with Gasteiger partial charge in [-0.15, -0.1) is 0 Å². The number of carbonyl (C=O) groups is 3. The highest BCUT2D eigenvalue weighted by molar-refractivity contribution is 5.95. The Balaban J connectivity index is 2.40. The van der Waals surface area contributed by atoms with Gasteiger partial charge in [0.25, 0.3) is 11.6 Å². The van der Waals surface area contributed by atoms with Crippen molar-refractivity contribution in [3.63, 3.8) is 0 Å². The summed E-state index contributed by atoms with van der Waals surface area (Å²) < 4.78 is 9.49. The highest BCUT2D eigenvalue weighted by Crippen LogP contribution is 2.27. The van der Waals surface area contributed by atoms with Gasteiger partial charge in [-0.1, -0.05) is 18.2 Å². The van der Waals surface area contributed by atoms with Crippen LogP contribution in [0.15, 0.2) is 48.7 Å². The van der Waals surface area contributed by atoms with Crippen LogP contribution in [0.25, 0.3) is 0 Å². The first kappa shape index (κ1) is 21.5. The van der Waals surface area contributed by atoms with Gasteiger partial charge in [-0.05, 0) is 17.7 Å². The van der Waals surface area contributed by atoms with Crippen LogP contribution in [0.4, 0.5) is 5.69 Å². The number of nitro benzene ring substituents is 1. The molecule has 10 nitrogen and oxygen atoms in total. The Morgan fingerprint density at radius 1 is 1.10 bits per heavy atom. The SMILES string of the molecule is COC(=O)C[C@H](c1ccc([N+](=O)[O-])cc1)[C@@H](NC(=O)c1ccccn1)C(=O)OC. The predicted molar refractivity (Wildman–Crippen MR) is 100.0 cm³/mol. The molecule has 0 unspecified atom stereocenters. The smallest absolute Gasteiger partial charge is 0.329 e. The van der Waals surface area contributed by atoms with E-state index in [1.807, 2.05) is 0 Å². The molecule has 0 radical (unpaired) electrons. The van der Waals surface area contributed by atoms with Gasteiger partial charge < -0.3 is 14.8 Å². The van der Waals surface area contributed by atoms with Crippen molar-refractivity contribution < 1.29 is 28.8 Å². The number of ether oxygens (including phenoxy) is 2. The molecule has 2 atom stereocenters. The van der Waals surface area contributed by atoms with Crippen LogP contribution in [-0.4, -0.2) is 48.0 Å². The van der Waals surface area contributed by atoms with Gasteiger partial charge in [-0.3, -0.25) is 24.7 Å². The Hall–Kier alpha value is -3.82. The van der Waals surface area contributed by atoms with Crippen molar-refractivity contribution in [2.45, 2.75) is 18.4 Å². The van der Waals surface area contributed by atoms with Crippen molar-refractivity contribution in [2.75, 3.05) is 14.2 Å². The number of methoxy groups -OCH3 is 2. The number of nitro groups is 1. The Bertz CT molecular complexity index is 884. The van der Waals surface area contributed by atoms with Crippen molar-refractivity contribution in [1.29, 1.82) is 0 Å². The van der Waals surface area contributed by atoms with Crippen LogP contribution in [0.3, 0.4) is 0 Å². The number of pyridine rings is 1. The van der Waals surface area contributed by atoms with E-state index in [0.29, 0.717) is 5.56 Å². The molecule has 152 valence electrons. The summed E-state index contributed by atoms with van der Waals surface area (Å²) in [5, 5.41) is 13.4. The summed E-state index contributed by atoms with van der Waals surface area (Å²) >= 11 is 0. The zero-order valence-electron chi connectivity index (χ0n) is 15.7. The fourth-order valence-electron chi connectivity index (χ4n) is 2.70. The maximum absolute atomic E-state index is 12.5. The molecule has 10 heteroatoms. The third-order valence-corrected chi connectivity index (χ3v) is 4.19. The number of rotatable bonds is 8. The molecule has 0 spiro atoms. The van der Waals surface area contributed by atoms with Crippen molar-refractivity contribution in [3.05, 3.63) is 70.0 Å². The van der Waals surface area contributed by atoms with Gasteiger partial charge in [0.15, 0.2) is 0 Å². The van der Waals surface area contributed by atoms with E-state index in [4.69, 9.17) is 9.47 Å². The summed E-state index contributed by atoms with van der Waals surface area (Å²) in [5.74, 6) is -2.95. The van der Waals surface area contributed by atoms with E-state index in [-0.39, 0.29) is 17.8 Å². The fourth-order valence-corrected chi connectivity index (χ4v) is 2.70.